The molecule has 15 heavy (non-hydrogen) atoms. The van der Waals surface area contributed by atoms with Crippen molar-refractivity contribution in [3.8, 4) is 0 Å². The fourth-order valence-corrected chi connectivity index (χ4v) is 1.70. The van der Waals surface area contributed by atoms with Crippen molar-refractivity contribution in [2.24, 2.45) is 0 Å². The quantitative estimate of drug-likeness (QED) is 0.312. The van der Waals surface area contributed by atoms with Crippen LogP contribution in [0.2, 0.25) is 0 Å². The molecular weight excluding hydrogens is 219 g/mol. The molecule has 0 aromatic heterocycles. The van der Waals surface area contributed by atoms with Crippen LogP contribution in [0.1, 0.15) is 6.42 Å². The molecule has 0 spiro atoms. The normalized spacial score (nSPS) is 14.8. The van der Waals surface area contributed by atoms with Gasteiger partial charge in [0.2, 0.25) is 5.34 Å². The molecule has 0 aliphatic heterocycles. The zero-order valence-corrected chi connectivity index (χ0v) is 9.02. The first-order chi connectivity index (χ1) is 6.83. The average Bonchev–Trinajstić information content (AvgIpc) is 2.15. The summed E-state index contributed by atoms with van der Waals surface area (Å²) < 4.78 is 15.8. The lowest BCUT2D eigenvalue weighted by atomic mass is 10.2. The molecule has 1 atom stereocenters. The first-order valence-electron chi connectivity index (χ1n) is 3.98. The molecule has 6 heteroatoms. The SMILES string of the molecule is C=CCC(C=C)(OC(=O)C=C)P(=O)(O)O. The van der Waals surface area contributed by atoms with Gasteiger partial charge >= 0.3 is 13.6 Å². The Morgan fingerprint density at radius 3 is 2.20 bits per heavy atom. The van der Waals surface area contributed by atoms with Crippen LogP contribution in [0.5, 0.6) is 0 Å². The van der Waals surface area contributed by atoms with E-state index >= 15 is 0 Å². The molecule has 0 amide bonds. The highest BCUT2D eigenvalue weighted by molar-refractivity contribution is 7.53. The Kier molecular flexibility index (Phi) is 4.68. The van der Waals surface area contributed by atoms with Gasteiger partial charge in [-0.25, -0.2) is 4.79 Å². The van der Waals surface area contributed by atoms with Crippen molar-refractivity contribution in [1.29, 1.82) is 0 Å². The van der Waals surface area contributed by atoms with Gasteiger partial charge in [-0.3, -0.25) is 4.57 Å². The molecule has 0 aromatic carbocycles. The molecule has 5 nitrogen and oxygen atoms in total. The zero-order valence-electron chi connectivity index (χ0n) is 8.13. The van der Waals surface area contributed by atoms with Gasteiger partial charge in [-0.2, -0.15) is 0 Å². The van der Waals surface area contributed by atoms with Crippen LogP contribution in [0.25, 0.3) is 0 Å². The molecule has 0 radical (unpaired) electrons. The molecule has 84 valence electrons. The summed E-state index contributed by atoms with van der Waals surface area (Å²) in [6.45, 7) is 9.72. The van der Waals surface area contributed by atoms with E-state index in [-0.39, 0.29) is 6.42 Å². The van der Waals surface area contributed by atoms with Crippen LogP contribution < -0.4 is 0 Å². The topological polar surface area (TPSA) is 83.8 Å². The largest absolute Gasteiger partial charge is 0.438 e. The first kappa shape index (κ1) is 13.8. The molecular formula is C9H13O5P. The molecule has 0 saturated heterocycles. The van der Waals surface area contributed by atoms with Gasteiger partial charge in [0.15, 0.2) is 0 Å². The number of ether oxygens (including phenoxy) is 1. The molecule has 0 aliphatic carbocycles. The van der Waals surface area contributed by atoms with Gasteiger partial charge < -0.3 is 14.5 Å². The van der Waals surface area contributed by atoms with E-state index in [9.17, 15) is 9.36 Å². The highest BCUT2D eigenvalue weighted by Gasteiger charge is 2.46. The summed E-state index contributed by atoms with van der Waals surface area (Å²) in [5.74, 6) is -0.930. The number of carbonyl (C=O) groups excluding carboxylic acids is 1. The predicted octanol–water partition coefficient (Wildman–Crippen LogP) is 1.35. The third-order valence-corrected chi connectivity index (χ3v) is 3.14. The lowest BCUT2D eigenvalue weighted by Gasteiger charge is -2.29. The van der Waals surface area contributed by atoms with Gasteiger partial charge in [-0.15, -0.1) is 6.58 Å². The number of hydrogen-bond donors (Lipinski definition) is 2. The summed E-state index contributed by atoms with van der Waals surface area (Å²) in [7, 11) is -4.67. The van der Waals surface area contributed by atoms with Gasteiger partial charge in [0.25, 0.3) is 0 Å². The van der Waals surface area contributed by atoms with Gasteiger partial charge in [0, 0.05) is 12.5 Å². The molecule has 2 N–H and O–H groups in total. The molecule has 0 heterocycles. The lowest BCUT2D eigenvalue weighted by Crippen LogP contribution is -2.31. The van der Waals surface area contributed by atoms with Gasteiger partial charge in [-0.1, -0.05) is 19.2 Å². The smallest absolute Gasteiger partial charge is 0.373 e. The minimum Gasteiger partial charge on any atom is -0.438 e. The van der Waals surface area contributed by atoms with E-state index in [1.54, 1.807) is 0 Å². The number of hydrogen-bond acceptors (Lipinski definition) is 3. The van der Waals surface area contributed by atoms with E-state index in [0.717, 1.165) is 12.2 Å². The van der Waals surface area contributed by atoms with Crippen molar-refractivity contribution >= 4 is 13.6 Å². The molecule has 1 unspecified atom stereocenters. The standard InChI is InChI=1S/C9H13O5P/c1-4-7-9(6-3,15(11,12)13)14-8(10)5-2/h4-6H,1-3,7H2,(H2,11,12,13). The second-order valence-electron chi connectivity index (χ2n) is 2.71. The maximum Gasteiger partial charge on any atom is 0.373 e. The van der Waals surface area contributed by atoms with Crippen molar-refractivity contribution in [3.05, 3.63) is 38.0 Å². The Morgan fingerprint density at radius 2 is 1.93 bits per heavy atom. The predicted molar refractivity (Wildman–Crippen MR) is 56.1 cm³/mol. The van der Waals surface area contributed by atoms with Crippen LogP contribution in [-0.4, -0.2) is 21.1 Å². The summed E-state index contributed by atoms with van der Waals surface area (Å²) >= 11 is 0. The summed E-state index contributed by atoms with van der Waals surface area (Å²) in [6.07, 6.45) is 2.73. The summed E-state index contributed by atoms with van der Waals surface area (Å²) in [6, 6.07) is 0. The van der Waals surface area contributed by atoms with E-state index in [2.05, 4.69) is 24.5 Å². The van der Waals surface area contributed by atoms with E-state index in [0.29, 0.717) is 0 Å². The highest BCUT2D eigenvalue weighted by atomic mass is 31.2. The molecule has 0 aromatic rings. The van der Waals surface area contributed by atoms with Crippen LogP contribution in [0.3, 0.4) is 0 Å². The third-order valence-electron chi connectivity index (χ3n) is 1.69. The zero-order chi connectivity index (χ0) is 12.1. The van der Waals surface area contributed by atoms with Crippen LogP contribution in [0.15, 0.2) is 38.0 Å². The van der Waals surface area contributed by atoms with E-state index < -0.39 is 18.9 Å². The fourth-order valence-electron chi connectivity index (χ4n) is 0.887. The Balaban J connectivity index is 5.24. The van der Waals surface area contributed by atoms with Crippen LogP contribution in [-0.2, 0) is 14.1 Å². The van der Waals surface area contributed by atoms with Crippen molar-refractivity contribution in [1.82, 2.24) is 0 Å². The Hall–Kier alpha value is -1.16. The van der Waals surface area contributed by atoms with Crippen molar-refractivity contribution < 1.29 is 23.9 Å². The van der Waals surface area contributed by atoms with Crippen LogP contribution in [0.4, 0.5) is 0 Å². The number of rotatable bonds is 6. The average molecular weight is 232 g/mol. The molecule has 0 saturated carbocycles. The van der Waals surface area contributed by atoms with Crippen LogP contribution in [0, 0.1) is 0 Å². The minimum absolute atomic E-state index is 0.222. The Labute approximate surface area is 87.9 Å². The van der Waals surface area contributed by atoms with Crippen LogP contribution >= 0.6 is 7.60 Å². The maximum absolute atomic E-state index is 11.2. The molecule has 0 aliphatic rings. The second-order valence-corrected chi connectivity index (χ2v) is 4.56. The van der Waals surface area contributed by atoms with Crippen molar-refractivity contribution in [3.63, 3.8) is 0 Å². The number of esters is 1. The van der Waals surface area contributed by atoms with Gasteiger partial charge in [-0.05, 0) is 6.08 Å². The maximum atomic E-state index is 11.2. The van der Waals surface area contributed by atoms with Gasteiger partial charge in [0.05, 0.1) is 0 Å². The number of carbonyl (C=O) groups is 1. The molecule has 0 bridgehead atoms. The third kappa shape index (κ3) is 3.16. The van der Waals surface area contributed by atoms with Crippen molar-refractivity contribution in [2.75, 3.05) is 0 Å². The Bertz CT molecular complexity index is 329. The van der Waals surface area contributed by atoms with Crippen molar-refractivity contribution in [2.45, 2.75) is 11.8 Å². The van der Waals surface area contributed by atoms with E-state index in [4.69, 9.17) is 9.79 Å². The molecule has 0 rings (SSSR count). The first-order valence-corrected chi connectivity index (χ1v) is 5.59. The van der Waals surface area contributed by atoms with Gasteiger partial charge in [0.1, 0.15) is 0 Å². The summed E-state index contributed by atoms with van der Waals surface area (Å²) in [4.78, 5) is 29.1. The second kappa shape index (κ2) is 5.07. The minimum atomic E-state index is -4.67. The molecule has 0 fully saturated rings. The highest BCUT2D eigenvalue weighted by Crippen LogP contribution is 2.54. The Morgan fingerprint density at radius 1 is 1.40 bits per heavy atom. The van der Waals surface area contributed by atoms with E-state index in [1.165, 1.54) is 6.08 Å². The van der Waals surface area contributed by atoms with E-state index in [1.807, 2.05) is 0 Å². The lowest BCUT2D eigenvalue weighted by molar-refractivity contribution is -0.144. The monoisotopic (exact) mass is 232 g/mol. The summed E-state index contributed by atoms with van der Waals surface area (Å²) in [5.41, 5.74) is 0. The fraction of sp³-hybridized carbons (Fsp3) is 0.222. The summed E-state index contributed by atoms with van der Waals surface area (Å²) in [5, 5.41) is -2.06.